The molecule has 0 heterocycles. The number of rotatable bonds is 4. The first-order valence-corrected chi connectivity index (χ1v) is 9.73. The van der Waals surface area contributed by atoms with Crippen molar-refractivity contribution in [1.82, 2.24) is 0 Å². The number of allylic oxidation sites excluding steroid dienone is 2. The number of carboxylic acids is 1. The average molecular weight is 294 g/mol. The highest BCUT2D eigenvalue weighted by atomic mass is 28.3. The second-order valence-electron chi connectivity index (χ2n) is 4.21. The van der Waals surface area contributed by atoms with E-state index in [1.54, 1.807) is 19.1 Å². The van der Waals surface area contributed by atoms with E-state index in [0.717, 1.165) is 16.0 Å². The summed E-state index contributed by atoms with van der Waals surface area (Å²) in [4.78, 5) is 10.4. The molecule has 104 valence electrons. The smallest absolute Gasteiger partial charge is 0.331 e. The average Bonchev–Trinajstić information content (AvgIpc) is 2.40. The predicted octanol–water partition coefficient (Wildman–Crippen LogP) is 2.00. The highest BCUT2D eigenvalue weighted by molar-refractivity contribution is 6.52. The van der Waals surface area contributed by atoms with Crippen LogP contribution in [0.1, 0.15) is 12.5 Å². The van der Waals surface area contributed by atoms with Crippen LogP contribution in [0, 0.1) is 0 Å². The maximum absolute atomic E-state index is 10.4. The van der Waals surface area contributed by atoms with Crippen molar-refractivity contribution < 1.29 is 14.0 Å². The molecule has 0 atom stereocenters. The van der Waals surface area contributed by atoms with Gasteiger partial charge in [-0.2, -0.15) is 0 Å². The van der Waals surface area contributed by atoms with E-state index >= 15 is 0 Å². The van der Waals surface area contributed by atoms with Gasteiger partial charge in [0.2, 0.25) is 0 Å². The van der Waals surface area contributed by atoms with Gasteiger partial charge in [0.15, 0.2) is 9.04 Å². The van der Waals surface area contributed by atoms with Crippen molar-refractivity contribution in [3.8, 4) is 0 Å². The molecule has 1 aromatic rings. The number of hydrogen-bond donors (Lipinski definition) is 1. The van der Waals surface area contributed by atoms with Crippen molar-refractivity contribution in [3.63, 3.8) is 0 Å². The molecule has 1 N–H and O–H groups in total. The summed E-state index contributed by atoms with van der Waals surface area (Å²) in [6, 6.07) is 9.73. The fourth-order valence-electron chi connectivity index (χ4n) is 0.939. The van der Waals surface area contributed by atoms with Crippen LogP contribution in [0.5, 0.6) is 0 Å². The van der Waals surface area contributed by atoms with E-state index in [2.05, 4.69) is 13.1 Å². The number of carbonyl (C=O) groups is 1. The summed E-state index contributed by atoms with van der Waals surface area (Å²) in [6.45, 7) is 5.91. The first-order chi connectivity index (χ1) is 8.97. The highest BCUT2D eigenvalue weighted by Gasteiger charge is 1.95. The largest absolute Gasteiger partial charge is 0.478 e. The maximum atomic E-state index is 10.4. The molecule has 19 heavy (non-hydrogen) atoms. The molecule has 1 rings (SSSR count). The van der Waals surface area contributed by atoms with E-state index in [9.17, 15) is 4.79 Å². The van der Waals surface area contributed by atoms with Crippen molar-refractivity contribution in [2.75, 3.05) is 0 Å². The molecule has 0 radical (unpaired) electrons. The van der Waals surface area contributed by atoms with Gasteiger partial charge in [-0.05, 0) is 25.6 Å². The lowest BCUT2D eigenvalue weighted by Gasteiger charge is -1.93. The van der Waals surface area contributed by atoms with E-state index < -0.39 is 15.0 Å². The fourth-order valence-corrected chi connectivity index (χ4v) is 0.939. The van der Waals surface area contributed by atoms with Gasteiger partial charge in [-0.1, -0.05) is 48.6 Å². The Balaban J connectivity index is 0.000000555. The standard InChI is InChI=1S/C12H12O2.C2H10OSi2/c1-10(12(13)14)6-5-9-11-7-3-2-4-8-11;1-5(2)3-4/h2-9H,1H3,(H,13,14);5H,1-2,4H3. The molecular weight excluding hydrogens is 272 g/mol. The number of benzene rings is 1. The molecule has 0 spiro atoms. The molecule has 0 aliphatic rings. The summed E-state index contributed by atoms with van der Waals surface area (Å²) >= 11 is 0. The minimum Gasteiger partial charge on any atom is -0.478 e. The van der Waals surface area contributed by atoms with Crippen molar-refractivity contribution in [3.05, 3.63) is 53.6 Å². The minimum atomic E-state index is -0.886. The van der Waals surface area contributed by atoms with Crippen LogP contribution in [0.3, 0.4) is 0 Å². The molecule has 0 fully saturated rings. The summed E-state index contributed by atoms with van der Waals surface area (Å²) in [5.41, 5.74) is 1.39. The SMILES string of the molecule is CC(=CC=Cc1ccccc1)C(=O)O.C[SiH](C)O[SiH3]. The van der Waals surface area contributed by atoms with Crippen molar-refractivity contribution >= 4 is 31.6 Å². The van der Waals surface area contributed by atoms with Gasteiger partial charge >= 0.3 is 5.97 Å². The second-order valence-corrected chi connectivity index (χ2v) is 8.19. The zero-order chi connectivity index (χ0) is 14.7. The Kier molecular flexibility index (Phi) is 9.69. The Morgan fingerprint density at radius 1 is 1.32 bits per heavy atom. The number of aliphatic carboxylic acids is 1. The zero-order valence-electron chi connectivity index (χ0n) is 12.0. The Hall–Kier alpha value is -1.44. The summed E-state index contributed by atoms with van der Waals surface area (Å²) < 4.78 is 5.03. The lowest BCUT2D eigenvalue weighted by molar-refractivity contribution is -0.132. The molecule has 5 heteroatoms. The van der Waals surface area contributed by atoms with Crippen LogP contribution < -0.4 is 0 Å². The molecule has 3 nitrogen and oxygen atoms in total. The quantitative estimate of drug-likeness (QED) is 0.525. The Bertz CT molecular complexity index is 426. The van der Waals surface area contributed by atoms with Crippen LogP contribution in [0.25, 0.3) is 6.08 Å². The van der Waals surface area contributed by atoms with E-state index in [-0.39, 0.29) is 0 Å². The molecular formula is C14H22O3Si2. The van der Waals surface area contributed by atoms with E-state index in [1.807, 2.05) is 36.4 Å². The molecule has 0 saturated heterocycles. The van der Waals surface area contributed by atoms with Crippen molar-refractivity contribution in [2.24, 2.45) is 0 Å². The van der Waals surface area contributed by atoms with Gasteiger partial charge in [-0.25, -0.2) is 4.79 Å². The van der Waals surface area contributed by atoms with Crippen LogP contribution in [0.2, 0.25) is 13.1 Å². The Morgan fingerprint density at radius 2 is 1.84 bits per heavy atom. The van der Waals surface area contributed by atoms with E-state index in [4.69, 9.17) is 9.22 Å². The van der Waals surface area contributed by atoms with E-state index in [0.29, 0.717) is 5.57 Å². The zero-order valence-corrected chi connectivity index (χ0v) is 15.1. The lowest BCUT2D eigenvalue weighted by Crippen LogP contribution is -2.02. The van der Waals surface area contributed by atoms with Gasteiger partial charge in [-0.15, -0.1) is 0 Å². The fraction of sp³-hybridized carbons (Fsp3) is 0.214. The number of carboxylic acid groups (broad SMARTS) is 1. The molecule has 0 aromatic heterocycles. The molecule has 0 amide bonds. The van der Waals surface area contributed by atoms with Gasteiger partial charge in [0.1, 0.15) is 10.5 Å². The third kappa shape index (κ3) is 10.2. The van der Waals surface area contributed by atoms with Crippen LogP contribution in [-0.4, -0.2) is 30.6 Å². The summed E-state index contributed by atoms with van der Waals surface area (Å²) in [6.07, 6.45) is 5.18. The van der Waals surface area contributed by atoms with Gasteiger partial charge in [0.05, 0.1) is 0 Å². The summed E-state index contributed by atoms with van der Waals surface area (Å²) in [5.74, 6) is -0.886. The first kappa shape index (κ1) is 17.6. The van der Waals surface area contributed by atoms with Crippen LogP contribution in [0.4, 0.5) is 0 Å². The van der Waals surface area contributed by atoms with Crippen molar-refractivity contribution in [1.29, 1.82) is 0 Å². The molecule has 1 aromatic carbocycles. The Morgan fingerprint density at radius 3 is 2.26 bits per heavy atom. The highest BCUT2D eigenvalue weighted by Crippen LogP contribution is 2.02. The lowest BCUT2D eigenvalue weighted by atomic mass is 10.2. The van der Waals surface area contributed by atoms with Gasteiger partial charge in [0.25, 0.3) is 0 Å². The van der Waals surface area contributed by atoms with Gasteiger partial charge in [-0.3, -0.25) is 0 Å². The predicted molar refractivity (Wildman–Crippen MR) is 86.8 cm³/mol. The van der Waals surface area contributed by atoms with Crippen molar-refractivity contribution in [2.45, 2.75) is 20.0 Å². The molecule has 0 bridgehead atoms. The monoisotopic (exact) mass is 294 g/mol. The van der Waals surface area contributed by atoms with E-state index in [1.165, 1.54) is 0 Å². The third-order valence-corrected chi connectivity index (χ3v) is 6.01. The van der Waals surface area contributed by atoms with Crippen LogP contribution in [0.15, 0.2) is 48.1 Å². The second kappa shape index (κ2) is 10.5. The first-order valence-electron chi connectivity index (χ1n) is 6.13. The molecule has 0 aliphatic heterocycles. The third-order valence-electron chi connectivity index (χ3n) is 2.24. The minimum absolute atomic E-state index is 0.331. The molecule has 0 aliphatic carbocycles. The molecule has 0 unspecified atom stereocenters. The number of hydrogen-bond acceptors (Lipinski definition) is 2. The Labute approximate surface area is 119 Å². The van der Waals surface area contributed by atoms with Crippen LogP contribution in [-0.2, 0) is 8.91 Å². The van der Waals surface area contributed by atoms with Crippen LogP contribution >= 0.6 is 0 Å². The maximum Gasteiger partial charge on any atom is 0.331 e. The van der Waals surface area contributed by atoms with Gasteiger partial charge < -0.3 is 9.22 Å². The molecule has 0 saturated carbocycles. The summed E-state index contributed by atoms with van der Waals surface area (Å²) in [7, 11) is 0.347. The summed E-state index contributed by atoms with van der Waals surface area (Å²) in [5, 5.41) is 8.58. The normalized spacial score (nSPS) is 11.5. The van der Waals surface area contributed by atoms with Gasteiger partial charge in [0, 0.05) is 5.57 Å². The topological polar surface area (TPSA) is 46.5 Å².